The fraction of sp³-hybridized carbons (Fsp3) is 0.667. The highest BCUT2D eigenvalue weighted by molar-refractivity contribution is 5.91. The van der Waals surface area contributed by atoms with Crippen molar-refractivity contribution in [2.45, 2.75) is 40.0 Å². The number of ketones is 1. The molecule has 0 amide bonds. The van der Waals surface area contributed by atoms with E-state index < -0.39 is 0 Å². The lowest BCUT2D eigenvalue weighted by Gasteiger charge is -2.43. The molecule has 1 saturated carbocycles. The molecule has 1 nitrogen and oxygen atoms in total. The zero-order chi connectivity index (χ0) is 11.9. The number of rotatable bonds is 1. The van der Waals surface area contributed by atoms with E-state index in [0.717, 1.165) is 12.8 Å². The predicted octanol–water partition coefficient (Wildman–Crippen LogP) is 3.76. The highest BCUT2D eigenvalue weighted by atomic mass is 16.1. The average molecular weight is 218 g/mol. The molecule has 0 saturated heterocycles. The van der Waals surface area contributed by atoms with Crippen molar-refractivity contribution < 1.29 is 4.79 Å². The molecule has 0 aromatic carbocycles. The molecule has 0 aliphatic heterocycles. The highest BCUT2D eigenvalue weighted by Crippen LogP contribution is 2.47. The SMILES string of the molecule is C=C(C)C1CCC2=CC(=O)C[C@@H](C)C2[C@H]1C. The number of carbonyl (C=O) groups is 1. The summed E-state index contributed by atoms with van der Waals surface area (Å²) >= 11 is 0. The van der Waals surface area contributed by atoms with Crippen molar-refractivity contribution in [3.05, 3.63) is 23.8 Å². The molecule has 4 atom stereocenters. The first kappa shape index (κ1) is 11.6. The molecular formula is C15H22O. The van der Waals surface area contributed by atoms with Gasteiger partial charge in [-0.3, -0.25) is 4.79 Å². The quantitative estimate of drug-likeness (QED) is 0.612. The van der Waals surface area contributed by atoms with Crippen LogP contribution in [0.4, 0.5) is 0 Å². The van der Waals surface area contributed by atoms with Gasteiger partial charge in [0.05, 0.1) is 0 Å². The summed E-state index contributed by atoms with van der Waals surface area (Å²) in [5, 5.41) is 0. The molecule has 2 aliphatic rings. The Balaban J connectivity index is 2.27. The summed E-state index contributed by atoms with van der Waals surface area (Å²) < 4.78 is 0. The Kier molecular flexibility index (Phi) is 3.05. The maximum Gasteiger partial charge on any atom is 0.155 e. The molecule has 1 heteroatoms. The van der Waals surface area contributed by atoms with Crippen LogP contribution in [-0.4, -0.2) is 5.78 Å². The Labute approximate surface area is 98.6 Å². The van der Waals surface area contributed by atoms with Crippen LogP contribution in [0.3, 0.4) is 0 Å². The van der Waals surface area contributed by atoms with Crippen molar-refractivity contribution in [2.75, 3.05) is 0 Å². The summed E-state index contributed by atoms with van der Waals surface area (Å²) in [5.74, 6) is 2.77. The van der Waals surface area contributed by atoms with Gasteiger partial charge < -0.3 is 0 Å². The Morgan fingerprint density at radius 3 is 2.75 bits per heavy atom. The molecule has 1 fully saturated rings. The Morgan fingerprint density at radius 2 is 2.12 bits per heavy atom. The van der Waals surface area contributed by atoms with Crippen LogP contribution in [0.15, 0.2) is 23.8 Å². The normalized spacial score (nSPS) is 38.9. The van der Waals surface area contributed by atoms with E-state index in [4.69, 9.17) is 0 Å². The molecule has 2 rings (SSSR count). The van der Waals surface area contributed by atoms with Crippen molar-refractivity contribution in [3.63, 3.8) is 0 Å². The van der Waals surface area contributed by atoms with Crippen molar-refractivity contribution in [3.8, 4) is 0 Å². The molecule has 2 aliphatic carbocycles. The molecule has 88 valence electrons. The minimum atomic E-state index is 0.333. The molecule has 2 unspecified atom stereocenters. The van der Waals surface area contributed by atoms with Gasteiger partial charge in [-0.15, -0.1) is 0 Å². The predicted molar refractivity (Wildman–Crippen MR) is 67.1 cm³/mol. The van der Waals surface area contributed by atoms with E-state index in [1.165, 1.54) is 17.6 Å². The summed E-state index contributed by atoms with van der Waals surface area (Å²) in [4.78, 5) is 11.6. The van der Waals surface area contributed by atoms with Gasteiger partial charge in [0.15, 0.2) is 5.78 Å². The van der Waals surface area contributed by atoms with E-state index in [1.54, 1.807) is 0 Å². The first-order valence-electron chi connectivity index (χ1n) is 6.39. The molecule has 0 aromatic rings. The first-order chi connectivity index (χ1) is 7.50. The third kappa shape index (κ3) is 1.88. The van der Waals surface area contributed by atoms with E-state index in [1.807, 2.05) is 6.08 Å². The topological polar surface area (TPSA) is 17.1 Å². The van der Waals surface area contributed by atoms with Crippen molar-refractivity contribution in [1.82, 2.24) is 0 Å². The monoisotopic (exact) mass is 218 g/mol. The average Bonchev–Trinajstić information content (AvgIpc) is 2.15. The van der Waals surface area contributed by atoms with Gasteiger partial charge in [0.1, 0.15) is 0 Å². The van der Waals surface area contributed by atoms with Gasteiger partial charge in [-0.25, -0.2) is 0 Å². The van der Waals surface area contributed by atoms with E-state index in [2.05, 4.69) is 27.4 Å². The fourth-order valence-electron chi connectivity index (χ4n) is 3.80. The van der Waals surface area contributed by atoms with Gasteiger partial charge >= 0.3 is 0 Å². The van der Waals surface area contributed by atoms with Crippen LogP contribution < -0.4 is 0 Å². The summed E-state index contributed by atoms with van der Waals surface area (Å²) in [7, 11) is 0. The second kappa shape index (κ2) is 4.20. The summed E-state index contributed by atoms with van der Waals surface area (Å²) in [6, 6.07) is 0. The van der Waals surface area contributed by atoms with Crippen LogP contribution in [0.5, 0.6) is 0 Å². The number of allylic oxidation sites excluding steroid dienone is 3. The third-order valence-electron chi connectivity index (χ3n) is 4.49. The van der Waals surface area contributed by atoms with Crippen molar-refractivity contribution >= 4 is 5.78 Å². The number of carbonyl (C=O) groups excluding carboxylic acids is 1. The summed E-state index contributed by atoms with van der Waals surface area (Å²) in [6.07, 6.45) is 4.94. The molecule has 0 spiro atoms. The first-order valence-corrected chi connectivity index (χ1v) is 6.39. The lowest BCUT2D eigenvalue weighted by molar-refractivity contribution is -0.116. The highest BCUT2D eigenvalue weighted by Gasteiger charge is 2.39. The molecular weight excluding hydrogens is 196 g/mol. The Bertz CT molecular complexity index is 350. The molecule has 0 aromatic heterocycles. The zero-order valence-electron chi connectivity index (χ0n) is 10.6. The summed E-state index contributed by atoms with van der Waals surface area (Å²) in [6.45, 7) is 10.8. The van der Waals surface area contributed by atoms with Crippen LogP contribution in [0, 0.1) is 23.7 Å². The minimum absolute atomic E-state index is 0.333. The number of hydrogen-bond acceptors (Lipinski definition) is 1. The lowest BCUT2D eigenvalue weighted by atomic mass is 9.61. The maximum atomic E-state index is 11.6. The van der Waals surface area contributed by atoms with Crippen LogP contribution in [-0.2, 0) is 4.79 Å². The summed E-state index contributed by atoms with van der Waals surface area (Å²) in [5.41, 5.74) is 2.73. The minimum Gasteiger partial charge on any atom is -0.295 e. The van der Waals surface area contributed by atoms with E-state index in [9.17, 15) is 4.79 Å². The van der Waals surface area contributed by atoms with Crippen LogP contribution in [0.25, 0.3) is 0 Å². The maximum absolute atomic E-state index is 11.6. The molecule has 0 radical (unpaired) electrons. The third-order valence-corrected chi connectivity index (χ3v) is 4.49. The van der Waals surface area contributed by atoms with E-state index in [-0.39, 0.29) is 0 Å². The molecule has 0 bridgehead atoms. The number of fused-ring (bicyclic) bond motifs is 1. The van der Waals surface area contributed by atoms with E-state index in [0.29, 0.717) is 29.5 Å². The van der Waals surface area contributed by atoms with Crippen LogP contribution >= 0.6 is 0 Å². The largest absolute Gasteiger partial charge is 0.295 e. The molecule has 16 heavy (non-hydrogen) atoms. The number of hydrogen-bond donors (Lipinski definition) is 0. The van der Waals surface area contributed by atoms with Gasteiger partial charge in [-0.05, 0) is 49.5 Å². The van der Waals surface area contributed by atoms with Gasteiger partial charge in [-0.2, -0.15) is 0 Å². The zero-order valence-corrected chi connectivity index (χ0v) is 10.6. The second-order valence-corrected chi connectivity index (χ2v) is 5.74. The van der Waals surface area contributed by atoms with E-state index >= 15 is 0 Å². The van der Waals surface area contributed by atoms with Gasteiger partial charge in [0, 0.05) is 6.42 Å². The molecule has 0 heterocycles. The second-order valence-electron chi connectivity index (χ2n) is 5.74. The fourth-order valence-corrected chi connectivity index (χ4v) is 3.80. The lowest BCUT2D eigenvalue weighted by Crippen LogP contribution is -2.36. The standard InChI is InChI=1S/C15H22O/c1-9(2)14-6-5-12-8-13(16)7-10(3)15(12)11(14)4/h8,10-11,14-15H,1,5-7H2,2-4H3/t10-,11+,14?,15?/m1/s1. The molecule has 0 N–H and O–H groups in total. The van der Waals surface area contributed by atoms with Gasteiger partial charge in [0.25, 0.3) is 0 Å². The van der Waals surface area contributed by atoms with Crippen molar-refractivity contribution in [2.24, 2.45) is 23.7 Å². The van der Waals surface area contributed by atoms with Crippen LogP contribution in [0.1, 0.15) is 40.0 Å². The van der Waals surface area contributed by atoms with Crippen LogP contribution in [0.2, 0.25) is 0 Å². The van der Waals surface area contributed by atoms with Crippen molar-refractivity contribution in [1.29, 1.82) is 0 Å². The Hall–Kier alpha value is -0.850. The smallest absolute Gasteiger partial charge is 0.155 e. The Morgan fingerprint density at radius 1 is 1.44 bits per heavy atom. The van der Waals surface area contributed by atoms with Gasteiger partial charge in [0.2, 0.25) is 0 Å². The van der Waals surface area contributed by atoms with Gasteiger partial charge in [-0.1, -0.05) is 31.6 Å².